The quantitative estimate of drug-likeness (QED) is 0.617. The number of rotatable bonds is 7. The number of likely N-dealkylation sites (tertiary alicyclic amines) is 1. The molecular weight excluding hydrogens is 476 g/mol. The van der Waals surface area contributed by atoms with Gasteiger partial charge in [0.05, 0.1) is 18.0 Å². The third kappa shape index (κ3) is 5.90. The second-order valence-corrected chi connectivity index (χ2v) is 10.8. The summed E-state index contributed by atoms with van der Waals surface area (Å²) in [4.78, 5) is 47.0. The molecule has 0 radical (unpaired) electrons. The lowest BCUT2D eigenvalue weighted by Crippen LogP contribution is -2.48. The van der Waals surface area contributed by atoms with E-state index in [1.807, 2.05) is 21.2 Å². The molecule has 2 aliphatic rings. The number of hydrogen-bond donors (Lipinski definition) is 1. The molecule has 0 saturated carbocycles. The number of methoxy groups -OCH3 is 1. The number of nitrogens with zero attached hydrogens (tertiary/aromatic N) is 3. The molecule has 2 unspecified atom stereocenters. The number of hydrogen-bond acceptors (Lipinski definition) is 6. The van der Waals surface area contributed by atoms with Crippen LogP contribution < -0.4 is 10.1 Å². The lowest BCUT2D eigenvalue weighted by Gasteiger charge is -2.30. The predicted octanol–water partition coefficient (Wildman–Crippen LogP) is 2.96. The van der Waals surface area contributed by atoms with Crippen LogP contribution in [0.5, 0.6) is 5.75 Å². The van der Waals surface area contributed by atoms with E-state index < -0.39 is 6.04 Å². The molecule has 2 saturated heterocycles. The smallest absolute Gasteiger partial charge is 0.264 e. The molecule has 4 rings (SSSR count). The highest BCUT2D eigenvalue weighted by Gasteiger charge is 2.45. The topological polar surface area (TPSA) is 82.2 Å². The maximum atomic E-state index is 13.7. The summed E-state index contributed by atoms with van der Waals surface area (Å²) in [6.45, 7) is 7.97. The van der Waals surface area contributed by atoms with Gasteiger partial charge in [0.25, 0.3) is 11.8 Å². The van der Waals surface area contributed by atoms with Crippen LogP contribution >= 0.6 is 11.3 Å². The molecular formula is C27H36N4O4S. The van der Waals surface area contributed by atoms with Crippen molar-refractivity contribution < 1.29 is 19.1 Å². The Morgan fingerprint density at radius 3 is 2.58 bits per heavy atom. The summed E-state index contributed by atoms with van der Waals surface area (Å²) in [5.74, 6) is 0.674. The zero-order valence-corrected chi connectivity index (χ0v) is 22.1. The molecule has 9 heteroatoms. The van der Waals surface area contributed by atoms with Gasteiger partial charge in [0.15, 0.2) is 0 Å². The summed E-state index contributed by atoms with van der Waals surface area (Å²) in [5.41, 5.74) is 0.570. The number of thiophene rings is 1. The van der Waals surface area contributed by atoms with Gasteiger partial charge in [-0.1, -0.05) is 19.9 Å². The molecule has 3 heterocycles. The Labute approximate surface area is 217 Å². The van der Waals surface area contributed by atoms with E-state index in [2.05, 4.69) is 19.2 Å². The van der Waals surface area contributed by atoms with Crippen molar-refractivity contribution in [3.05, 3.63) is 52.2 Å². The first-order valence-corrected chi connectivity index (χ1v) is 13.6. The molecule has 8 nitrogen and oxygen atoms in total. The molecule has 2 aromatic rings. The van der Waals surface area contributed by atoms with Gasteiger partial charge in [-0.3, -0.25) is 14.4 Å². The van der Waals surface area contributed by atoms with E-state index in [4.69, 9.17) is 4.74 Å². The largest absolute Gasteiger partial charge is 0.497 e. The Balaban J connectivity index is 1.62. The minimum Gasteiger partial charge on any atom is -0.497 e. The normalized spacial score (nSPS) is 20.3. The first-order chi connectivity index (χ1) is 17.4. The van der Waals surface area contributed by atoms with Crippen LogP contribution in [0, 0.1) is 5.92 Å². The zero-order chi connectivity index (χ0) is 25.7. The molecule has 2 fully saturated rings. The molecule has 0 aliphatic carbocycles. The Morgan fingerprint density at radius 1 is 1.14 bits per heavy atom. The summed E-state index contributed by atoms with van der Waals surface area (Å²) in [7, 11) is 1.59. The average Bonchev–Trinajstić information content (AvgIpc) is 3.50. The van der Waals surface area contributed by atoms with Crippen molar-refractivity contribution in [2.75, 3.05) is 46.4 Å². The molecule has 1 N–H and O–H groups in total. The number of ether oxygens (including phenoxy) is 1. The molecule has 2 atom stereocenters. The van der Waals surface area contributed by atoms with Crippen LogP contribution in [0.1, 0.15) is 46.7 Å². The van der Waals surface area contributed by atoms with Gasteiger partial charge in [0, 0.05) is 38.3 Å². The zero-order valence-electron chi connectivity index (χ0n) is 21.3. The van der Waals surface area contributed by atoms with Crippen molar-refractivity contribution in [3.8, 4) is 5.75 Å². The lowest BCUT2D eigenvalue weighted by molar-refractivity contribution is -0.135. The van der Waals surface area contributed by atoms with E-state index in [-0.39, 0.29) is 29.7 Å². The fourth-order valence-electron chi connectivity index (χ4n) is 5.01. The van der Waals surface area contributed by atoms with Crippen molar-refractivity contribution in [1.29, 1.82) is 0 Å². The van der Waals surface area contributed by atoms with Crippen LogP contribution in [0.25, 0.3) is 0 Å². The van der Waals surface area contributed by atoms with E-state index in [0.29, 0.717) is 48.8 Å². The van der Waals surface area contributed by atoms with Gasteiger partial charge in [0.2, 0.25) is 5.91 Å². The standard InChI is InChI=1S/C27H36N4O4S/c1-19(2)17-30(25(32)20-7-9-22(35-3)10-8-20)21-16-23(26(33)29-13-5-11-28-12-14-29)31(18-21)27(34)24-6-4-15-36-24/h4,6-10,15,19,21,23,28H,5,11-14,16-18H2,1-3H3. The van der Waals surface area contributed by atoms with E-state index in [1.54, 1.807) is 42.3 Å². The van der Waals surface area contributed by atoms with Crippen LogP contribution in [0.15, 0.2) is 41.8 Å². The van der Waals surface area contributed by atoms with Gasteiger partial charge in [0.1, 0.15) is 11.8 Å². The van der Waals surface area contributed by atoms with Gasteiger partial charge in [-0.2, -0.15) is 0 Å². The maximum absolute atomic E-state index is 13.7. The van der Waals surface area contributed by atoms with Crippen LogP contribution in [0.4, 0.5) is 0 Å². The van der Waals surface area contributed by atoms with Crippen molar-refractivity contribution in [2.24, 2.45) is 5.92 Å². The van der Waals surface area contributed by atoms with Gasteiger partial charge in [-0.15, -0.1) is 11.3 Å². The van der Waals surface area contributed by atoms with Crippen molar-refractivity contribution >= 4 is 29.1 Å². The van der Waals surface area contributed by atoms with Crippen molar-refractivity contribution in [1.82, 2.24) is 20.0 Å². The van der Waals surface area contributed by atoms with E-state index in [9.17, 15) is 14.4 Å². The Morgan fingerprint density at radius 2 is 1.92 bits per heavy atom. The van der Waals surface area contributed by atoms with E-state index in [0.717, 1.165) is 19.5 Å². The van der Waals surface area contributed by atoms with Crippen molar-refractivity contribution in [3.63, 3.8) is 0 Å². The summed E-state index contributed by atoms with van der Waals surface area (Å²) in [6, 6.07) is 9.91. The van der Waals surface area contributed by atoms with Crippen LogP contribution in [0.3, 0.4) is 0 Å². The summed E-state index contributed by atoms with van der Waals surface area (Å²) in [5, 5.41) is 5.21. The molecule has 0 spiro atoms. The van der Waals surface area contributed by atoms with Crippen molar-refractivity contribution in [2.45, 2.75) is 38.8 Å². The maximum Gasteiger partial charge on any atom is 0.264 e. The molecule has 1 aromatic carbocycles. The molecule has 0 bridgehead atoms. The molecule has 2 aliphatic heterocycles. The lowest BCUT2D eigenvalue weighted by atomic mass is 10.1. The number of benzene rings is 1. The Kier molecular flexibility index (Phi) is 8.64. The molecule has 3 amide bonds. The van der Waals surface area contributed by atoms with E-state index in [1.165, 1.54) is 11.3 Å². The summed E-state index contributed by atoms with van der Waals surface area (Å²) < 4.78 is 5.24. The second-order valence-electron chi connectivity index (χ2n) is 9.85. The molecule has 194 valence electrons. The first kappa shape index (κ1) is 26.2. The molecule has 36 heavy (non-hydrogen) atoms. The second kappa shape index (κ2) is 11.9. The first-order valence-electron chi connectivity index (χ1n) is 12.7. The highest BCUT2D eigenvalue weighted by molar-refractivity contribution is 7.12. The fourth-order valence-corrected chi connectivity index (χ4v) is 5.69. The van der Waals surface area contributed by atoms with Gasteiger partial charge in [-0.25, -0.2) is 0 Å². The summed E-state index contributed by atoms with van der Waals surface area (Å²) in [6.07, 6.45) is 1.32. The summed E-state index contributed by atoms with van der Waals surface area (Å²) >= 11 is 1.38. The number of carbonyl (C=O) groups is 3. The van der Waals surface area contributed by atoms with Crippen LogP contribution in [-0.2, 0) is 4.79 Å². The average molecular weight is 513 g/mol. The Hall–Kier alpha value is -2.91. The third-order valence-corrected chi connectivity index (χ3v) is 7.67. The number of nitrogens with one attached hydrogen (secondary N) is 1. The Bertz CT molecular complexity index is 1030. The number of amides is 3. The van der Waals surface area contributed by atoms with Gasteiger partial charge < -0.3 is 24.8 Å². The number of carbonyl (C=O) groups excluding carboxylic acids is 3. The molecule has 1 aromatic heterocycles. The van der Waals surface area contributed by atoms with Crippen LogP contribution in [-0.4, -0.2) is 90.9 Å². The SMILES string of the molecule is COc1ccc(C(=O)N(CC(C)C)C2CC(C(=O)N3CCCNCC3)N(C(=O)c3cccs3)C2)cc1. The third-order valence-electron chi connectivity index (χ3n) is 6.81. The van der Waals surface area contributed by atoms with E-state index >= 15 is 0 Å². The van der Waals surface area contributed by atoms with Gasteiger partial charge in [-0.05, 0) is 61.0 Å². The minimum absolute atomic E-state index is 0.0208. The highest BCUT2D eigenvalue weighted by Crippen LogP contribution is 2.29. The van der Waals surface area contributed by atoms with Crippen LogP contribution in [0.2, 0.25) is 0 Å². The fraction of sp³-hybridized carbons (Fsp3) is 0.519. The monoisotopic (exact) mass is 512 g/mol. The minimum atomic E-state index is -0.582. The highest BCUT2D eigenvalue weighted by atomic mass is 32.1. The van der Waals surface area contributed by atoms with Gasteiger partial charge >= 0.3 is 0 Å². The predicted molar refractivity (Wildman–Crippen MR) is 140 cm³/mol.